The third-order valence-corrected chi connectivity index (χ3v) is 3.62. The molecule has 0 aliphatic carbocycles. The van der Waals surface area contributed by atoms with E-state index in [2.05, 4.69) is 23.6 Å². The summed E-state index contributed by atoms with van der Waals surface area (Å²) in [7, 11) is 0. The molecule has 18 heavy (non-hydrogen) atoms. The van der Waals surface area contributed by atoms with Crippen molar-refractivity contribution in [2.75, 3.05) is 12.3 Å². The van der Waals surface area contributed by atoms with E-state index in [1.165, 1.54) is 0 Å². The minimum atomic E-state index is -0.504. The molecule has 0 aromatic heterocycles. The molecule has 0 saturated heterocycles. The third kappa shape index (κ3) is 7.57. The Hall–Kier alpha value is -0.730. The molecule has 4 nitrogen and oxygen atoms in total. The molecule has 0 radical (unpaired) electrons. The van der Waals surface area contributed by atoms with Gasteiger partial charge in [-0.2, -0.15) is 5.26 Å². The molecule has 0 saturated carbocycles. The van der Waals surface area contributed by atoms with Crippen LogP contribution < -0.4 is 10.6 Å². The largest absolute Gasteiger partial charge is 0.353 e. The fourth-order valence-electron chi connectivity index (χ4n) is 1.76. The van der Waals surface area contributed by atoms with Crippen molar-refractivity contribution in [1.82, 2.24) is 10.6 Å². The van der Waals surface area contributed by atoms with Crippen LogP contribution >= 0.6 is 11.8 Å². The van der Waals surface area contributed by atoms with E-state index in [9.17, 15) is 4.79 Å². The number of hydrogen-bond donors (Lipinski definition) is 2. The van der Waals surface area contributed by atoms with Gasteiger partial charge in [0.2, 0.25) is 5.91 Å². The maximum Gasteiger partial charge on any atom is 0.230 e. The molecule has 5 heteroatoms. The lowest BCUT2D eigenvalue weighted by Crippen LogP contribution is -2.42. The third-order valence-electron chi connectivity index (χ3n) is 2.46. The molecule has 0 aliphatic rings. The summed E-state index contributed by atoms with van der Waals surface area (Å²) in [6.45, 7) is 10.6. The van der Waals surface area contributed by atoms with E-state index in [4.69, 9.17) is 5.26 Å². The Morgan fingerprint density at radius 1 is 1.44 bits per heavy atom. The highest BCUT2D eigenvalue weighted by atomic mass is 32.2. The number of hydrogen-bond acceptors (Lipinski definition) is 4. The molecule has 0 rings (SSSR count). The number of rotatable bonds is 8. The Bertz CT molecular complexity index is 301. The van der Waals surface area contributed by atoms with Crippen LogP contribution in [0.15, 0.2) is 0 Å². The SMILES string of the molecule is CCNC(C)(C#N)CC(C)SCC(=O)NC(C)C. The molecule has 2 unspecified atom stereocenters. The van der Waals surface area contributed by atoms with E-state index in [1.807, 2.05) is 27.7 Å². The average molecular weight is 271 g/mol. The first-order valence-electron chi connectivity index (χ1n) is 6.40. The van der Waals surface area contributed by atoms with E-state index in [0.29, 0.717) is 5.75 Å². The van der Waals surface area contributed by atoms with Crippen LogP contribution in [0.4, 0.5) is 0 Å². The molecule has 0 aromatic carbocycles. The number of nitrogens with zero attached hydrogens (tertiary/aromatic N) is 1. The Kier molecular flexibility index (Phi) is 8.05. The summed E-state index contributed by atoms with van der Waals surface area (Å²) >= 11 is 1.59. The van der Waals surface area contributed by atoms with Crippen LogP contribution in [0.1, 0.15) is 41.0 Å². The second-order valence-corrected chi connectivity index (χ2v) is 6.45. The topological polar surface area (TPSA) is 64.9 Å². The number of carbonyl (C=O) groups excluding carboxylic acids is 1. The van der Waals surface area contributed by atoms with E-state index in [1.54, 1.807) is 11.8 Å². The molecule has 1 amide bonds. The number of carbonyl (C=O) groups is 1. The van der Waals surface area contributed by atoms with Crippen molar-refractivity contribution in [3.63, 3.8) is 0 Å². The van der Waals surface area contributed by atoms with E-state index in [0.717, 1.165) is 13.0 Å². The van der Waals surface area contributed by atoms with Gasteiger partial charge >= 0.3 is 0 Å². The number of amides is 1. The molecular weight excluding hydrogens is 246 g/mol. The second-order valence-electron chi connectivity index (χ2n) is 5.02. The van der Waals surface area contributed by atoms with Gasteiger partial charge in [0, 0.05) is 11.3 Å². The van der Waals surface area contributed by atoms with E-state index < -0.39 is 5.54 Å². The van der Waals surface area contributed by atoms with Crippen LogP contribution in [0, 0.1) is 11.3 Å². The van der Waals surface area contributed by atoms with Gasteiger partial charge in [-0.05, 0) is 33.7 Å². The molecular formula is C13H25N3OS. The zero-order chi connectivity index (χ0) is 14.2. The van der Waals surface area contributed by atoms with Crippen LogP contribution in [0.25, 0.3) is 0 Å². The minimum Gasteiger partial charge on any atom is -0.353 e. The van der Waals surface area contributed by atoms with Crippen molar-refractivity contribution >= 4 is 17.7 Å². The molecule has 0 aromatic rings. The Labute approximate surface area is 115 Å². The standard InChI is InChI=1S/C13H25N3OS/c1-6-15-13(5,9-14)7-11(4)18-8-12(17)16-10(2)3/h10-11,15H,6-8H2,1-5H3,(H,16,17). The van der Waals surface area contributed by atoms with Crippen LogP contribution in [-0.4, -0.2) is 35.0 Å². The predicted octanol–water partition coefficient (Wildman–Crippen LogP) is 1.91. The second kappa shape index (κ2) is 8.39. The van der Waals surface area contributed by atoms with Gasteiger partial charge in [0.25, 0.3) is 0 Å². The summed E-state index contributed by atoms with van der Waals surface area (Å²) in [5.74, 6) is 0.511. The normalized spacial score (nSPS) is 15.8. The molecule has 0 bridgehead atoms. The summed E-state index contributed by atoms with van der Waals surface area (Å²) < 4.78 is 0. The summed E-state index contributed by atoms with van der Waals surface area (Å²) in [5, 5.41) is 15.5. The summed E-state index contributed by atoms with van der Waals surface area (Å²) in [4.78, 5) is 11.5. The van der Waals surface area contributed by atoms with Gasteiger partial charge in [-0.1, -0.05) is 13.8 Å². The van der Waals surface area contributed by atoms with Gasteiger partial charge in [0.05, 0.1) is 11.8 Å². The molecule has 0 aliphatic heterocycles. The summed E-state index contributed by atoms with van der Waals surface area (Å²) in [6, 6.07) is 2.49. The molecule has 2 atom stereocenters. The number of nitrogens with one attached hydrogen (secondary N) is 2. The Balaban J connectivity index is 4.07. The lowest BCUT2D eigenvalue weighted by molar-refractivity contribution is -0.119. The molecule has 0 spiro atoms. The predicted molar refractivity (Wildman–Crippen MR) is 77.5 cm³/mol. The van der Waals surface area contributed by atoms with Crippen LogP contribution in [0.5, 0.6) is 0 Å². The first kappa shape index (κ1) is 17.3. The number of thioether (sulfide) groups is 1. The lowest BCUT2D eigenvalue weighted by atomic mass is 9.98. The summed E-state index contributed by atoms with van der Waals surface area (Å²) in [6.07, 6.45) is 0.733. The zero-order valence-electron chi connectivity index (χ0n) is 12.0. The minimum absolute atomic E-state index is 0.0592. The van der Waals surface area contributed by atoms with Gasteiger partial charge in [-0.25, -0.2) is 0 Å². The average Bonchev–Trinajstić information content (AvgIpc) is 2.26. The van der Waals surface area contributed by atoms with Gasteiger partial charge in [-0.15, -0.1) is 11.8 Å². The monoisotopic (exact) mass is 271 g/mol. The lowest BCUT2D eigenvalue weighted by Gasteiger charge is -2.25. The van der Waals surface area contributed by atoms with Gasteiger partial charge in [0.15, 0.2) is 0 Å². The Morgan fingerprint density at radius 2 is 2.06 bits per heavy atom. The molecule has 2 N–H and O–H groups in total. The van der Waals surface area contributed by atoms with Crippen LogP contribution in [0.3, 0.4) is 0 Å². The van der Waals surface area contributed by atoms with Crippen LogP contribution in [0.2, 0.25) is 0 Å². The quantitative estimate of drug-likeness (QED) is 0.708. The van der Waals surface area contributed by atoms with Crippen molar-refractivity contribution in [2.45, 2.75) is 57.9 Å². The Morgan fingerprint density at radius 3 is 2.50 bits per heavy atom. The maximum absolute atomic E-state index is 11.5. The smallest absolute Gasteiger partial charge is 0.230 e. The first-order chi connectivity index (χ1) is 8.33. The molecule has 0 fully saturated rings. The van der Waals surface area contributed by atoms with Crippen molar-refractivity contribution < 1.29 is 4.79 Å². The van der Waals surface area contributed by atoms with Crippen LogP contribution in [-0.2, 0) is 4.79 Å². The summed E-state index contributed by atoms with van der Waals surface area (Å²) in [5.41, 5.74) is -0.504. The van der Waals surface area contributed by atoms with Crippen molar-refractivity contribution in [3.8, 4) is 6.07 Å². The van der Waals surface area contributed by atoms with Gasteiger partial charge < -0.3 is 5.32 Å². The molecule has 104 valence electrons. The number of nitriles is 1. The maximum atomic E-state index is 11.5. The van der Waals surface area contributed by atoms with E-state index in [-0.39, 0.29) is 17.2 Å². The fourth-order valence-corrected chi connectivity index (χ4v) is 2.73. The fraction of sp³-hybridized carbons (Fsp3) is 0.846. The first-order valence-corrected chi connectivity index (χ1v) is 7.45. The highest BCUT2D eigenvalue weighted by molar-refractivity contribution is 8.00. The highest BCUT2D eigenvalue weighted by Gasteiger charge is 2.25. The van der Waals surface area contributed by atoms with Crippen molar-refractivity contribution in [2.24, 2.45) is 0 Å². The van der Waals surface area contributed by atoms with E-state index >= 15 is 0 Å². The van der Waals surface area contributed by atoms with Gasteiger partial charge in [-0.3, -0.25) is 10.1 Å². The highest BCUT2D eigenvalue weighted by Crippen LogP contribution is 2.21. The van der Waals surface area contributed by atoms with Gasteiger partial charge in [0.1, 0.15) is 5.54 Å². The van der Waals surface area contributed by atoms with Crippen molar-refractivity contribution in [3.05, 3.63) is 0 Å². The van der Waals surface area contributed by atoms with Crippen molar-refractivity contribution in [1.29, 1.82) is 5.26 Å². The molecule has 0 heterocycles. The zero-order valence-corrected chi connectivity index (χ0v) is 12.9.